The number of hydrogen-bond acceptors (Lipinski definition) is 1. The number of hydrogen-bond donors (Lipinski definition) is 1. The minimum absolute atomic E-state index is 0.387. The summed E-state index contributed by atoms with van der Waals surface area (Å²) in [6.07, 6.45) is 2.39. The summed E-state index contributed by atoms with van der Waals surface area (Å²) in [6.45, 7) is 0. The van der Waals surface area contributed by atoms with Crippen LogP contribution >= 0.6 is 0 Å². The van der Waals surface area contributed by atoms with Crippen LogP contribution in [0.2, 0.25) is 0 Å². The van der Waals surface area contributed by atoms with E-state index in [9.17, 15) is 13.6 Å². The van der Waals surface area contributed by atoms with Gasteiger partial charge in [0.2, 0.25) is 5.91 Å². The molecule has 0 fully saturated rings. The lowest BCUT2D eigenvalue weighted by Crippen LogP contribution is -2.05. The highest BCUT2D eigenvalue weighted by molar-refractivity contribution is 5.90. The number of primary amides is 1. The number of nitrogens with two attached hydrogens (primary N) is 1. The van der Waals surface area contributed by atoms with Gasteiger partial charge < -0.3 is 5.73 Å². The maximum atomic E-state index is 12.6. The van der Waals surface area contributed by atoms with Crippen molar-refractivity contribution in [2.24, 2.45) is 5.73 Å². The average Bonchev–Trinajstić information content (AvgIpc) is 2.07. The predicted molar refractivity (Wildman–Crippen MR) is 44.6 cm³/mol. The SMILES string of the molecule is NC(=O)/C=C\c1ccc(F)c(F)c1. The van der Waals surface area contributed by atoms with Gasteiger partial charge in [0.1, 0.15) is 0 Å². The van der Waals surface area contributed by atoms with Crippen LogP contribution in [0.25, 0.3) is 6.08 Å². The van der Waals surface area contributed by atoms with Crippen LogP contribution in [0.3, 0.4) is 0 Å². The zero-order chi connectivity index (χ0) is 9.84. The molecule has 0 aliphatic heterocycles. The lowest BCUT2D eigenvalue weighted by atomic mass is 10.2. The van der Waals surface area contributed by atoms with Crippen LogP contribution in [-0.4, -0.2) is 5.91 Å². The average molecular weight is 183 g/mol. The highest BCUT2D eigenvalue weighted by Gasteiger charge is 1.99. The summed E-state index contributed by atoms with van der Waals surface area (Å²) in [6, 6.07) is 3.31. The Hall–Kier alpha value is -1.71. The molecule has 1 rings (SSSR count). The van der Waals surface area contributed by atoms with E-state index in [1.165, 1.54) is 12.1 Å². The fourth-order valence-corrected chi connectivity index (χ4v) is 0.794. The van der Waals surface area contributed by atoms with Gasteiger partial charge in [0.05, 0.1) is 0 Å². The first-order valence-corrected chi connectivity index (χ1v) is 3.52. The van der Waals surface area contributed by atoms with Gasteiger partial charge in [-0.1, -0.05) is 6.07 Å². The van der Waals surface area contributed by atoms with Crippen LogP contribution < -0.4 is 5.73 Å². The molecule has 13 heavy (non-hydrogen) atoms. The molecule has 0 spiro atoms. The summed E-state index contributed by atoms with van der Waals surface area (Å²) >= 11 is 0. The minimum Gasteiger partial charge on any atom is -0.366 e. The van der Waals surface area contributed by atoms with Gasteiger partial charge in [0, 0.05) is 6.08 Å². The molecule has 68 valence electrons. The van der Waals surface area contributed by atoms with Crippen molar-refractivity contribution in [3.8, 4) is 0 Å². The van der Waals surface area contributed by atoms with Crippen LogP contribution in [0.15, 0.2) is 24.3 Å². The van der Waals surface area contributed by atoms with Crippen molar-refractivity contribution in [3.05, 3.63) is 41.5 Å². The lowest BCUT2D eigenvalue weighted by Gasteiger charge is -1.94. The molecule has 2 N–H and O–H groups in total. The van der Waals surface area contributed by atoms with Gasteiger partial charge in [-0.2, -0.15) is 0 Å². The van der Waals surface area contributed by atoms with Crippen LogP contribution in [0.5, 0.6) is 0 Å². The summed E-state index contributed by atoms with van der Waals surface area (Å²) in [5, 5.41) is 0. The number of benzene rings is 1. The van der Waals surface area contributed by atoms with Crippen molar-refractivity contribution in [2.75, 3.05) is 0 Å². The minimum atomic E-state index is -0.952. The van der Waals surface area contributed by atoms with E-state index in [1.807, 2.05) is 0 Å². The van der Waals surface area contributed by atoms with Gasteiger partial charge in [-0.3, -0.25) is 4.79 Å². The Morgan fingerprint density at radius 3 is 2.54 bits per heavy atom. The molecule has 0 radical (unpaired) electrons. The second kappa shape index (κ2) is 3.80. The molecule has 2 nitrogen and oxygen atoms in total. The Balaban J connectivity index is 2.92. The molecule has 0 saturated heterocycles. The van der Waals surface area contributed by atoms with Gasteiger partial charge in [-0.15, -0.1) is 0 Å². The Morgan fingerprint density at radius 2 is 2.00 bits per heavy atom. The van der Waals surface area contributed by atoms with Crippen LogP contribution in [0.4, 0.5) is 8.78 Å². The Bertz CT molecular complexity index is 361. The third kappa shape index (κ3) is 2.66. The second-order valence-corrected chi connectivity index (χ2v) is 2.41. The molecule has 0 aliphatic carbocycles. The first kappa shape index (κ1) is 9.38. The summed E-state index contributed by atoms with van der Waals surface area (Å²) in [5.41, 5.74) is 5.20. The van der Waals surface area contributed by atoms with Gasteiger partial charge in [-0.25, -0.2) is 8.78 Å². The van der Waals surface area contributed by atoms with Crippen molar-refractivity contribution in [1.29, 1.82) is 0 Å². The van der Waals surface area contributed by atoms with E-state index in [4.69, 9.17) is 5.73 Å². The summed E-state index contributed by atoms with van der Waals surface area (Å²) in [5.74, 6) is -2.51. The standard InChI is InChI=1S/C9H7F2NO/c10-7-3-1-6(5-8(7)11)2-4-9(12)13/h1-5H,(H2,12,13)/b4-2-. The van der Waals surface area contributed by atoms with E-state index in [0.717, 1.165) is 18.2 Å². The first-order valence-electron chi connectivity index (χ1n) is 3.52. The maximum Gasteiger partial charge on any atom is 0.241 e. The van der Waals surface area contributed by atoms with Crippen molar-refractivity contribution in [3.63, 3.8) is 0 Å². The molecule has 1 aromatic carbocycles. The maximum absolute atomic E-state index is 12.6. The quantitative estimate of drug-likeness (QED) is 0.693. The number of carbonyl (C=O) groups excluding carboxylic acids is 1. The first-order chi connectivity index (χ1) is 6.09. The van der Waals surface area contributed by atoms with Crippen LogP contribution in [0, 0.1) is 11.6 Å². The largest absolute Gasteiger partial charge is 0.366 e. The zero-order valence-electron chi connectivity index (χ0n) is 6.63. The monoisotopic (exact) mass is 183 g/mol. The van der Waals surface area contributed by atoms with Crippen molar-refractivity contribution < 1.29 is 13.6 Å². The van der Waals surface area contributed by atoms with E-state index in [0.29, 0.717) is 5.56 Å². The smallest absolute Gasteiger partial charge is 0.241 e. The number of amides is 1. The highest BCUT2D eigenvalue weighted by Crippen LogP contribution is 2.09. The molecule has 1 aromatic rings. The number of rotatable bonds is 2. The molecular weight excluding hydrogens is 176 g/mol. The Kier molecular flexibility index (Phi) is 2.74. The van der Waals surface area contributed by atoms with E-state index < -0.39 is 17.5 Å². The molecule has 4 heteroatoms. The van der Waals surface area contributed by atoms with Gasteiger partial charge in [-0.05, 0) is 23.8 Å². The molecule has 0 saturated carbocycles. The van der Waals surface area contributed by atoms with E-state index in [1.54, 1.807) is 0 Å². The van der Waals surface area contributed by atoms with E-state index in [2.05, 4.69) is 0 Å². The van der Waals surface area contributed by atoms with E-state index >= 15 is 0 Å². The molecular formula is C9H7F2NO. The molecule has 0 heterocycles. The van der Waals surface area contributed by atoms with Crippen molar-refractivity contribution in [1.82, 2.24) is 0 Å². The third-order valence-corrected chi connectivity index (χ3v) is 1.38. The van der Waals surface area contributed by atoms with E-state index in [-0.39, 0.29) is 0 Å². The molecule has 0 aromatic heterocycles. The summed E-state index contributed by atoms with van der Waals surface area (Å²) < 4.78 is 25.0. The normalized spacial score (nSPS) is 10.6. The predicted octanol–water partition coefficient (Wildman–Crippen LogP) is 1.46. The van der Waals surface area contributed by atoms with Gasteiger partial charge >= 0.3 is 0 Å². The van der Waals surface area contributed by atoms with Crippen molar-refractivity contribution in [2.45, 2.75) is 0 Å². The van der Waals surface area contributed by atoms with Crippen molar-refractivity contribution >= 4 is 12.0 Å². The van der Waals surface area contributed by atoms with Crippen LogP contribution in [-0.2, 0) is 4.79 Å². The molecule has 0 unspecified atom stereocenters. The molecule has 0 bridgehead atoms. The molecule has 0 atom stereocenters. The molecule has 0 aliphatic rings. The van der Waals surface area contributed by atoms with Gasteiger partial charge in [0.25, 0.3) is 0 Å². The number of carbonyl (C=O) groups is 1. The fraction of sp³-hybridized carbons (Fsp3) is 0. The topological polar surface area (TPSA) is 43.1 Å². The summed E-state index contributed by atoms with van der Waals surface area (Å²) in [4.78, 5) is 10.3. The zero-order valence-corrected chi connectivity index (χ0v) is 6.63. The highest BCUT2D eigenvalue weighted by atomic mass is 19.2. The van der Waals surface area contributed by atoms with Gasteiger partial charge in [0.15, 0.2) is 11.6 Å². The summed E-state index contributed by atoms with van der Waals surface area (Å²) in [7, 11) is 0. The Labute approximate surface area is 73.7 Å². The fourth-order valence-electron chi connectivity index (χ4n) is 0.794. The third-order valence-electron chi connectivity index (χ3n) is 1.38. The number of halogens is 2. The Morgan fingerprint density at radius 1 is 1.31 bits per heavy atom. The second-order valence-electron chi connectivity index (χ2n) is 2.41. The van der Waals surface area contributed by atoms with Crippen LogP contribution in [0.1, 0.15) is 5.56 Å². The lowest BCUT2D eigenvalue weighted by molar-refractivity contribution is -0.113. The molecule has 1 amide bonds.